The van der Waals surface area contributed by atoms with E-state index in [2.05, 4.69) is 15.4 Å². The van der Waals surface area contributed by atoms with E-state index in [1.807, 2.05) is 19.9 Å². The number of carbonyl (C=O) groups excluding carboxylic acids is 1. The number of aryl methyl sites for hydroxylation is 2. The minimum Gasteiger partial charge on any atom is -0.481 e. The molecule has 2 rings (SSSR count). The summed E-state index contributed by atoms with van der Waals surface area (Å²) in [5, 5.41) is 15.8. The van der Waals surface area contributed by atoms with E-state index < -0.39 is 5.97 Å². The van der Waals surface area contributed by atoms with Crippen LogP contribution in [0.3, 0.4) is 0 Å². The van der Waals surface area contributed by atoms with Crippen LogP contribution in [0.5, 0.6) is 0 Å². The third-order valence-electron chi connectivity index (χ3n) is 3.37. The topological polar surface area (TPSA) is 97.1 Å². The van der Waals surface area contributed by atoms with Gasteiger partial charge in [-0.1, -0.05) is 6.92 Å². The van der Waals surface area contributed by atoms with Gasteiger partial charge in [-0.3, -0.25) is 9.59 Å². The Morgan fingerprint density at radius 2 is 2.09 bits per heavy atom. The molecule has 2 aromatic rings. The summed E-state index contributed by atoms with van der Waals surface area (Å²) in [6.07, 6.45) is 1.51. The Bertz CT molecular complexity index is 707. The molecule has 0 aliphatic carbocycles. The highest BCUT2D eigenvalue weighted by molar-refractivity contribution is 5.93. The molecule has 0 aliphatic heterocycles. The number of rotatable bonds is 6. The van der Waals surface area contributed by atoms with Crippen molar-refractivity contribution in [3.05, 3.63) is 41.3 Å². The highest BCUT2D eigenvalue weighted by Crippen LogP contribution is 2.10. The maximum Gasteiger partial charge on any atom is 0.303 e. The summed E-state index contributed by atoms with van der Waals surface area (Å²) in [7, 11) is 0. The molecule has 23 heavy (non-hydrogen) atoms. The van der Waals surface area contributed by atoms with Crippen LogP contribution in [0.25, 0.3) is 5.82 Å². The van der Waals surface area contributed by atoms with Gasteiger partial charge in [-0.05, 0) is 38.0 Å². The molecule has 2 N–H and O–H groups in total. The third kappa shape index (κ3) is 4.38. The normalized spacial score (nSPS) is 12.0. The highest BCUT2D eigenvalue weighted by Gasteiger charge is 2.12. The summed E-state index contributed by atoms with van der Waals surface area (Å²) in [4.78, 5) is 26.9. The van der Waals surface area contributed by atoms with Gasteiger partial charge in [-0.15, -0.1) is 0 Å². The Morgan fingerprint density at radius 1 is 1.35 bits per heavy atom. The summed E-state index contributed by atoms with van der Waals surface area (Å²) in [6.45, 7) is 5.93. The SMILES string of the molecule is Cc1cc(C)n(-c2ccc(C(=O)NCC(C)CC(=O)O)cn2)n1. The number of pyridine rings is 1. The minimum atomic E-state index is -0.873. The van der Waals surface area contributed by atoms with Crippen LogP contribution in [0.4, 0.5) is 0 Å². The van der Waals surface area contributed by atoms with Crippen LogP contribution >= 0.6 is 0 Å². The second-order valence-corrected chi connectivity index (χ2v) is 5.66. The number of carbonyl (C=O) groups is 2. The van der Waals surface area contributed by atoms with Crippen molar-refractivity contribution in [2.75, 3.05) is 6.54 Å². The lowest BCUT2D eigenvalue weighted by atomic mass is 10.1. The van der Waals surface area contributed by atoms with Crippen molar-refractivity contribution in [2.45, 2.75) is 27.2 Å². The molecular formula is C16H20N4O3. The van der Waals surface area contributed by atoms with Crippen LogP contribution in [0.1, 0.15) is 35.1 Å². The summed E-state index contributed by atoms with van der Waals surface area (Å²) in [5.74, 6) is -0.623. The second kappa shape index (κ2) is 7.04. The smallest absolute Gasteiger partial charge is 0.303 e. The van der Waals surface area contributed by atoms with Crippen molar-refractivity contribution < 1.29 is 14.7 Å². The molecule has 0 spiro atoms. The number of hydrogen-bond acceptors (Lipinski definition) is 4. The van der Waals surface area contributed by atoms with Crippen LogP contribution in [0, 0.1) is 19.8 Å². The number of aliphatic carboxylic acids is 1. The van der Waals surface area contributed by atoms with E-state index in [0.29, 0.717) is 17.9 Å². The number of nitrogens with one attached hydrogen (secondary N) is 1. The predicted molar refractivity (Wildman–Crippen MR) is 84.6 cm³/mol. The fourth-order valence-electron chi connectivity index (χ4n) is 2.25. The number of carboxylic acids is 1. The number of hydrogen-bond donors (Lipinski definition) is 2. The fourth-order valence-corrected chi connectivity index (χ4v) is 2.25. The van der Waals surface area contributed by atoms with Gasteiger partial charge in [0.2, 0.25) is 0 Å². The standard InChI is InChI=1S/C16H20N4O3/c1-10(6-15(21)22)8-18-16(23)13-4-5-14(17-9-13)20-12(3)7-11(2)19-20/h4-5,7,9-10H,6,8H2,1-3H3,(H,18,23)(H,21,22). The molecule has 1 unspecified atom stereocenters. The van der Waals surface area contributed by atoms with Crippen molar-refractivity contribution in [2.24, 2.45) is 5.92 Å². The van der Waals surface area contributed by atoms with Gasteiger partial charge in [0.1, 0.15) is 0 Å². The van der Waals surface area contributed by atoms with E-state index in [0.717, 1.165) is 11.4 Å². The number of nitrogens with zero attached hydrogens (tertiary/aromatic N) is 3. The van der Waals surface area contributed by atoms with Crippen LogP contribution in [0.2, 0.25) is 0 Å². The lowest BCUT2D eigenvalue weighted by molar-refractivity contribution is -0.137. The Balaban J connectivity index is 2.00. The van der Waals surface area contributed by atoms with Crippen LogP contribution in [0.15, 0.2) is 24.4 Å². The van der Waals surface area contributed by atoms with Gasteiger partial charge < -0.3 is 10.4 Å². The van der Waals surface area contributed by atoms with E-state index in [1.165, 1.54) is 6.20 Å². The molecular weight excluding hydrogens is 296 g/mol. The van der Waals surface area contributed by atoms with E-state index in [1.54, 1.807) is 23.7 Å². The molecule has 0 fully saturated rings. The van der Waals surface area contributed by atoms with Gasteiger partial charge in [0, 0.05) is 24.9 Å². The number of amides is 1. The zero-order chi connectivity index (χ0) is 17.0. The van der Waals surface area contributed by atoms with Gasteiger partial charge in [-0.25, -0.2) is 9.67 Å². The van der Waals surface area contributed by atoms with Crippen LogP contribution in [-0.4, -0.2) is 38.3 Å². The van der Waals surface area contributed by atoms with Gasteiger partial charge >= 0.3 is 5.97 Å². The average Bonchev–Trinajstić information content (AvgIpc) is 2.83. The monoisotopic (exact) mass is 316 g/mol. The van der Waals surface area contributed by atoms with E-state index >= 15 is 0 Å². The van der Waals surface area contributed by atoms with Gasteiger partial charge in [0.15, 0.2) is 5.82 Å². The summed E-state index contributed by atoms with van der Waals surface area (Å²) >= 11 is 0. The first-order valence-electron chi connectivity index (χ1n) is 7.36. The van der Waals surface area contributed by atoms with Crippen molar-refractivity contribution in [1.82, 2.24) is 20.1 Å². The van der Waals surface area contributed by atoms with Crippen molar-refractivity contribution in [1.29, 1.82) is 0 Å². The summed E-state index contributed by atoms with van der Waals surface area (Å²) in [5.41, 5.74) is 2.30. The lowest BCUT2D eigenvalue weighted by Crippen LogP contribution is -2.29. The first-order chi connectivity index (χ1) is 10.9. The second-order valence-electron chi connectivity index (χ2n) is 5.66. The first-order valence-corrected chi connectivity index (χ1v) is 7.36. The Morgan fingerprint density at radius 3 is 2.61 bits per heavy atom. The Labute approximate surface area is 134 Å². The molecule has 122 valence electrons. The summed E-state index contributed by atoms with van der Waals surface area (Å²) < 4.78 is 1.71. The highest BCUT2D eigenvalue weighted by atomic mass is 16.4. The average molecular weight is 316 g/mol. The number of aromatic nitrogens is 3. The van der Waals surface area contributed by atoms with Gasteiger partial charge in [0.25, 0.3) is 5.91 Å². The molecule has 1 amide bonds. The molecule has 2 aromatic heterocycles. The first kappa shape index (κ1) is 16.7. The molecule has 7 heteroatoms. The van der Waals surface area contributed by atoms with Crippen molar-refractivity contribution >= 4 is 11.9 Å². The van der Waals surface area contributed by atoms with Crippen LogP contribution in [-0.2, 0) is 4.79 Å². The van der Waals surface area contributed by atoms with Gasteiger partial charge in [0.05, 0.1) is 11.3 Å². The van der Waals surface area contributed by atoms with Gasteiger partial charge in [-0.2, -0.15) is 5.10 Å². The van der Waals surface area contributed by atoms with E-state index in [9.17, 15) is 9.59 Å². The van der Waals surface area contributed by atoms with Crippen molar-refractivity contribution in [3.63, 3.8) is 0 Å². The maximum atomic E-state index is 12.0. The predicted octanol–water partition coefficient (Wildman–Crippen LogP) is 1.72. The zero-order valence-corrected chi connectivity index (χ0v) is 13.4. The Hall–Kier alpha value is -2.70. The molecule has 0 saturated heterocycles. The van der Waals surface area contributed by atoms with Crippen molar-refractivity contribution in [3.8, 4) is 5.82 Å². The lowest BCUT2D eigenvalue weighted by Gasteiger charge is -2.10. The Kier molecular flexibility index (Phi) is 5.10. The maximum absolute atomic E-state index is 12.0. The van der Waals surface area contributed by atoms with Crippen LogP contribution < -0.4 is 5.32 Å². The fraction of sp³-hybridized carbons (Fsp3) is 0.375. The zero-order valence-electron chi connectivity index (χ0n) is 13.4. The molecule has 1 atom stereocenters. The molecule has 7 nitrogen and oxygen atoms in total. The minimum absolute atomic E-state index is 0.0232. The molecule has 0 saturated carbocycles. The number of carboxylic acid groups (broad SMARTS) is 1. The summed E-state index contributed by atoms with van der Waals surface area (Å²) in [6, 6.07) is 5.36. The quantitative estimate of drug-likeness (QED) is 0.846. The molecule has 0 aliphatic rings. The molecule has 0 bridgehead atoms. The molecule has 0 radical (unpaired) electrons. The van der Waals surface area contributed by atoms with E-state index in [4.69, 9.17) is 5.11 Å². The van der Waals surface area contributed by atoms with E-state index in [-0.39, 0.29) is 18.2 Å². The largest absolute Gasteiger partial charge is 0.481 e. The molecule has 0 aromatic carbocycles. The third-order valence-corrected chi connectivity index (χ3v) is 3.37. The molecule has 2 heterocycles.